The number of alkyl halides is 7. The molecule has 0 rings (SSSR count). The molecule has 0 unspecified atom stereocenters. The molecule has 0 saturated heterocycles. The third kappa shape index (κ3) is 3.12. The lowest BCUT2D eigenvalue weighted by atomic mass is 10.1. The predicted octanol–water partition coefficient (Wildman–Crippen LogP) is 5.32. The fourth-order valence-corrected chi connectivity index (χ4v) is 0.716. The van der Waals surface area contributed by atoms with E-state index in [9.17, 15) is 48.3 Å². The van der Waals surface area contributed by atoms with Crippen LogP contribution in [0.1, 0.15) is 0 Å². The summed E-state index contributed by atoms with van der Waals surface area (Å²) in [5.41, 5.74) is 0. The first-order valence-electron chi connectivity index (χ1n) is 3.77. The van der Waals surface area contributed by atoms with E-state index >= 15 is 0 Å². The van der Waals surface area contributed by atoms with Crippen molar-refractivity contribution in [2.45, 2.75) is 18.0 Å². The molecule has 0 heterocycles. The molecule has 0 amide bonds. The largest absolute Gasteiger partial charge is 0.460 e. The highest BCUT2D eigenvalue weighted by molar-refractivity contribution is 6.28. The molecule has 0 fully saturated rings. The van der Waals surface area contributed by atoms with Crippen LogP contribution in [0.3, 0.4) is 0 Å². The van der Waals surface area contributed by atoms with Gasteiger partial charge in [-0.15, -0.1) is 0 Å². The lowest BCUT2D eigenvalue weighted by Crippen LogP contribution is -2.52. The van der Waals surface area contributed by atoms with Crippen LogP contribution >= 0.6 is 11.6 Å². The van der Waals surface area contributed by atoms with Gasteiger partial charge in [0.2, 0.25) is 22.8 Å². The summed E-state index contributed by atoms with van der Waals surface area (Å²) < 4.78 is 133. The standard InChI is InChI=1S/C7ClF11/c8-4(12)2(10)1(9)3(11)5(13,14)6(15,16)7(17,18)19. The normalized spacial score (nSPS) is 17.1. The van der Waals surface area contributed by atoms with Gasteiger partial charge in [-0.05, 0) is 11.6 Å². The Morgan fingerprint density at radius 1 is 0.684 bits per heavy atom. The lowest BCUT2D eigenvalue weighted by molar-refractivity contribution is -0.348. The van der Waals surface area contributed by atoms with Crippen LogP contribution in [0.5, 0.6) is 0 Å². The van der Waals surface area contributed by atoms with E-state index in [1.54, 1.807) is 0 Å². The molecule has 0 aromatic carbocycles. The molecule has 0 aliphatic carbocycles. The van der Waals surface area contributed by atoms with Crippen molar-refractivity contribution in [3.63, 3.8) is 0 Å². The van der Waals surface area contributed by atoms with E-state index < -0.39 is 40.8 Å². The van der Waals surface area contributed by atoms with E-state index in [2.05, 4.69) is 11.6 Å². The van der Waals surface area contributed by atoms with E-state index in [0.29, 0.717) is 0 Å². The minimum atomic E-state index is -7.05. The fraction of sp³-hybridized carbons (Fsp3) is 0.429. The molecule has 0 spiro atoms. The van der Waals surface area contributed by atoms with E-state index in [1.807, 2.05) is 0 Å². The minimum absolute atomic E-state index is 2.75. The van der Waals surface area contributed by atoms with Crippen molar-refractivity contribution in [1.82, 2.24) is 0 Å². The topological polar surface area (TPSA) is 0 Å². The Balaban J connectivity index is 5.95. The molecule has 0 aliphatic rings. The lowest BCUT2D eigenvalue weighted by Gasteiger charge is -2.26. The van der Waals surface area contributed by atoms with Crippen molar-refractivity contribution < 1.29 is 48.3 Å². The van der Waals surface area contributed by atoms with Crippen LogP contribution in [-0.2, 0) is 0 Å². The van der Waals surface area contributed by atoms with Gasteiger partial charge in [0.05, 0.1) is 0 Å². The number of rotatable bonds is 3. The average molecular weight is 329 g/mol. The van der Waals surface area contributed by atoms with Gasteiger partial charge in [-0.2, -0.15) is 39.5 Å². The molecule has 0 radical (unpaired) electrons. The number of allylic oxidation sites excluding steroid dienone is 3. The van der Waals surface area contributed by atoms with Crippen molar-refractivity contribution >= 4 is 11.6 Å². The van der Waals surface area contributed by atoms with Gasteiger partial charge in [0, 0.05) is 0 Å². The van der Waals surface area contributed by atoms with Gasteiger partial charge in [-0.3, -0.25) is 0 Å². The molecule has 19 heavy (non-hydrogen) atoms. The first-order chi connectivity index (χ1) is 8.18. The second-order valence-electron chi connectivity index (χ2n) is 2.85. The molecule has 0 aromatic heterocycles. The molecular weight excluding hydrogens is 329 g/mol. The summed E-state index contributed by atoms with van der Waals surface area (Å²) in [6.45, 7) is 0. The summed E-state index contributed by atoms with van der Waals surface area (Å²) in [4.78, 5) is 0. The molecule has 0 atom stereocenters. The maximum atomic E-state index is 12.5. The van der Waals surface area contributed by atoms with Crippen LogP contribution in [0.2, 0.25) is 0 Å². The Morgan fingerprint density at radius 3 is 1.32 bits per heavy atom. The second kappa shape index (κ2) is 5.17. The van der Waals surface area contributed by atoms with Crippen LogP contribution in [0.15, 0.2) is 22.8 Å². The summed E-state index contributed by atoms with van der Waals surface area (Å²) in [5, 5.41) is -2.75. The van der Waals surface area contributed by atoms with Crippen molar-refractivity contribution in [3.05, 3.63) is 22.8 Å². The van der Waals surface area contributed by atoms with Crippen molar-refractivity contribution in [2.75, 3.05) is 0 Å². The first kappa shape index (κ1) is 18.0. The fourth-order valence-electron chi connectivity index (χ4n) is 0.633. The predicted molar refractivity (Wildman–Crippen MR) is 40.3 cm³/mol. The smallest absolute Gasteiger partial charge is 0.201 e. The third-order valence-corrected chi connectivity index (χ3v) is 1.74. The molecule has 12 heteroatoms. The summed E-state index contributed by atoms with van der Waals surface area (Å²) in [6, 6.07) is 0. The van der Waals surface area contributed by atoms with Gasteiger partial charge >= 0.3 is 18.0 Å². The van der Waals surface area contributed by atoms with Crippen LogP contribution in [-0.4, -0.2) is 18.0 Å². The highest BCUT2D eigenvalue weighted by Crippen LogP contribution is 2.51. The third-order valence-electron chi connectivity index (χ3n) is 1.58. The maximum Gasteiger partial charge on any atom is 0.460 e. The highest BCUT2D eigenvalue weighted by atomic mass is 35.5. The molecule has 0 bridgehead atoms. The van der Waals surface area contributed by atoms with Crippen LogP contribution in [0, 0.1) is 0 Å². The monoisotopic (exact) mass is 328 g/mol. The van der Waals surface area contributed by atoms with Crippen molar-refractivity contribution in [2.24, 2.45) is 0 Å². The summed E-state index contributed by atoms with van der Waals surface area (Å²) in [6.07, 6.45) is -6.96. The number of halogens is 12. The summed E-state index contributed by atoms with van der Waals surface area (Å²) in [5.74, 6) is -24.8. The van der Waals surface area contributed by atoms with E-state index in [1.165, 1.54) is 0 Å². The number of hydrogen-bond acceptors (Lipinski definition) is 0. The Kier molecular flexibility index (Phi) is 4.90. The van der Waals surface area contributed by atoms with E-state index in [4.69, 9.17) is 0 Å². The summed E-state index contributed by atoms with van der Waals surface area (Å²) >= 11 is 4.06. The molecule has 0 aliphatic heterocycles. The first-order valence-corrected chi connectivity index (χ1v) is 4.15. The Labute approximate surface area is 102 Å². The SMILES string of the molecule is FC(Cl)=C(F)C(F)=C(F)C(F)(F)C(F)(F)C(F)(F)F. The zero-order valence-corrected chi connectivity index (χ0v) is 8.79. The van der Waals surface area contributed by atoms with Gasteiger partial charge in [0.25, 0.3) is 0 Å². The van der Waals surface area contributed by atoms with Gasteiger partial charge in [0.15, 0.2) is 0 Å². The Bertz CT molecular complexity index is 411. The van der Waals surface area contributed by atoms with Gasteiger partial charge in [-0.1, -0.05) is 0 Å². The maximum absolute atomic E-state index is 12.5. The zero-order chi connectivity index (χ0) is 15.8. The molecule has 0 saturated carbocycles. The van der Waals surface area contributed by atoms with Gasteiger partial charge in [0.1, 0.15) is 0 Å². The quantitative estimate of drug-likeness (QED) is 0.486. The van der Waals surface area contributed by atoms with E-state index in [0.717, 1.165) is 0 Å². The molecular formula is C7ClF11. The molecule has 0 aromatic rings. The van der Waals surface area contributed by atoms with Crippen molar-refractivity contribution in [1.29, 1.82) is 0 Å². The van der Waals surface area contributed by atoms with Gasteiger partial charge in [-0.25, -0.2) is 8.78 Å². The van der Waals surface area contributed by atoms with Crippen molar-refractivity contribution in [3.8, 4) is 0 Å². The van der Waals surface area contributed by atoms with E-state index in [-0.39, 0.29) is 0 Å². The highest BCUT2D eigenvalue weighted by Gasteiger charge is 2.75. The minimum Gasteiger partial charge on any atom is -0.201 e. The van der Waals surface area contributed by atoms with Crippen LogP contribution in [0.25, 0.3) is 0 Å². The summed E-state index contributed by atoms with van der Waals surface area (Å²) in [7, 11) is 0. The van der Waals surface area contributed by atoms with Crippen LogP contribution in [0.4, 0.5) is 48.3 Å². The number of hydrogen-bond donors (Lipinski definition) is 0. The zero-order valence-electron chi connectivity index (χ0n) is 8.04. The molecule has 0 nitrogen and oxygen atoms in total. The second-order valence-corrected chi connectivity index (χ2v) is 3.18. The Morgan fingerprint density at radius 2 is 1.05 bits per heavy atom. The Hall–Kier alpha value is -1.00. The average Bonchev–Trinajstić information content (AvgIpc) is 2.23. The van der Waals surface area contributed by atoms with Gasteiger partial charge < -0.3 is 0 Å². The van der Waals surface area contributed by atoms with Crippen LogP contribution < -0.4 is 0 Å². The molecule has 0 N–H and O–H groups in total. The molecule has 112 valence electrons.